The minimum Gasteiger partial charge on any atom is -0.493 e. The molecule has 3 rings (SSSR count). The number of nitrogens with zero attached hydrogens (tertiary/aromatic N) is 1. The Balaban J connectivity index is 1.98. The molecule has 1 N–H and O–H groups in total. The number of carbonyl (C=O) groups is 1. The highest BCUT2D eigenvalue weighted by Crippen LogP contribution is 2.32. The maximum absolute atomic E-state index is 13.6. The predicted octanol–water partition coefficient (Wildman–Crippen LogP) is 5.15. The molecule has 3 aromatic rings. The second kappa shape index (κ2) is 10.3. The van der Waals surface area contributed by atoms with Crippen molar-refractivity contribution >= 4 is 50.5 Å². The summed E-state index contributed by atoms with van der Waals surface area (Å²) >= 11 is 11.9. The van der Waals surface area contributed by atoms with Crippen LogP contribution >= 0.6 is 23.2 Å². The molecule has 0 aliphatic heterocycles. The third-order valence-corrected chi connectivity index (χ3v) is 7.26. The molecule has 174 valence electrons. The topological polar surface area (TPSA) is 84.9 Å². The lowest BCUT2D eigenvalue weighted by Crippen LogP contribution is -2.38. The van der Waals surface area contributed by atoms with E-state index in [1.165, 1.54) is 44.6 Å². The van der Waals surface area contributed by atoms with E-state index < -0.39 is 22.5 Å². The molecule has 0 saturated carbocycles. The van der Waals surface area contributed by atoms with Gasteiger partial charge in [0.2, 0.25) is 5.91 Å². The first-order chi connectivity index (χ1) is 15.6. The minimum atomic E-state index is -4.14. The van der Waals surface area contributed by atoms with Crippen molar-refractivity contribution in [2.75, 3.05) is 30.4 Å². The van der Waals surface area contributed by atoms with Crippen LogP contribution < -0.4 is 19.1 Å². The Kier molecular flexibility index (Phi) is 7.73. The van der Waals surface area contributed by atoms with Crippen LogP contribution in [0.1, 0.15) is 5.56 Å². The molecule has 3 aromatic carbocycles. The van der Waals surface area contributed by atoms with Crippen molar-refractivity contribution in [1.29, 1.82) is 0 Å². The van der Waals surface area contributed by atoms with Gasteiger partial charge in [-0.15, -0.1) is 0 Å². The standard InChI is InChI=1S/C23H22Cl2N2O5S/c1-15-4-7-17(8-5-15)27(14-23(28)26-16-6-10-19(24)20(25)12-16)33(29,30)18-9-11-21(31-2)22(13-18)32-3/h4-13H,14H2,1-3H3,(H,26,28). The minimum absolute atomic E-state index is 0.0527. The van der Waals surface area contributed by atoms with Crippen LogP contribution in [0, 0.1) is 6.92 Å². The van der Waals surface area contributed by atoms with E-state index in [1.807, 2.05) is 6.92 Å². The molecule has 0 bridgehead atoms. The molecule has 0 aliphatic rings. The van der Waals surface area contributed by atoms with Crippen LogP contribution in [0.3, 0.4) is 0 Å². The number of halogens is 2. The number of hydrogen-bond donors (Lipinski definition) is 1. The van der Waals surface area contributed by atoms with Crippen molar-refractivity contribution in [3.63, 3.8) is 0 Å². The van der Waals surface area contributed by atoms with Gasteiger partial charge in [0.05, 0.1) is 34.8 Å². The highest BCUT2D eigenvalue weighted by atomic mass is 35.5. The summed E-state index contributed by atoms with van der Waals surface area (Å²) < 4.78 is 38.6. The highest BCUT2D eigenvalue weighted by Gasteiger charge is 2.28. The molecule has 0 aromatic heterocycles. The normalized spacial score (nSPS) is 11.1. The number of sulfonamides is 1. The van der Waals surface area contributed by atoms with E-state index in [9.17, 15) is 13.2 Å². The maximum Gasteiger partial charge on any atom is 0.264 e. The third-order valence-electron chi connectivity index (χ3n) is 4.76. The van der Waals surface area contributed by atoms with E-state index in [0.29, 0.717) is 22.1 Å². The third kappa shape index (κ3) is 5.71. The van der Waals surface area contributed by atoms with E-state index in [2.05, 4.69) is 5.32 Å². The summed E-state index contributed by atoms with van der Waals surface area (Å²) in [4.78, 5) is 12.8. The van der Waals surface area contributed by atoms with Crippen LogP contribution in [0.5, 0.6) is 11.5 Å². The van der Waals surface area contributed by atoms with Gasteiger partial charge in [0.15, 0.2) is 11.5 Å². The van der Waals surface area contributed by atoms with E-state index in [-0.39, 0.29) is 15.7 Å². The average molecular weight is 509 g/mol. The molecule has 0 atom stereocenters. The first kappa shape index (κ1) is 24.7. The summed E-state index contributed by atoms with van der Waals surface area (Å²) in [5.41, 5.74) is 1.67. The Morgan fingerprint density at radius 1 is 0.909 bits per heavy atom. The molecule has 10 heteroatoms. The lowest BCUT2D eigenvalue weighted by atomic mass is 10.2. The van der Waals surface area contributed by atoms with Crippen LogP contribution in [-0.4, -0.2) is 35.1 Å². The van der Waals surface area contributed by atoms with Crippen molar-refractivity contribution in [2.45, 2.75) is 11.8 Å². The van der Waals surface area contributed by atoms with E-state index in [0.717, 1.165) is 9.87 Å². The van der Waals surface area contributed by atoms with Crippen LogP contribution in [0.2, 0.25) is 10.0 Å². The largest absolute Gasteiger partial charge is 0.493 e. The van der Waals surface area contributed by atoms with E-state index in [1.54, 1.807) is 30.3 Å². The smallest absolute Gasteiger partial charge is 0.264 e. The Morgan fingerprint density at radius 2 is 1.58 bits per heavy atom. The number of nitrogens with one attached hydrogen (secondary N) is 1. The van der Waals surface area contributed by atoms with Gasteiger partial charge >= 0.3 is 0 Å². The number of ether oxygens (including phenoxy) is 2. The van der Waals surface area contributed by atoms with Gasteiger partial charge in [-0.25, -0.2) is 8.42 Å². The van der Waals surface area contributed by atoms with Gasteiger partial charge < -0.3 is 14.8 Å². The van der Waals surface area contributed by atoms with Crippen LogP contribution in [0.4, 0.5) is 11.4 Å². The second-order valence-electron chi connectivity index (χ2n) is 7.04. The Hall–Kier alpha value is -2.94. The fraction of sp³-hybridized carbons (Fsp3) is 0.174. The zero-order valence-corrected chi connectivity index (χ0v) is 20.5. The van der Waals surface area contributed by atoms with Gasteiger partial charge in [0.25, 0.3) is 10.0 Å². The molecular weight excluding hydrogens is 487 g/mol. The van der Waals surface area contributed by atoms with Crippen LogP contribution in [-0.2, 0) is 14.8 Å². The van der Waals surface area contributed by atoms with Gasteiger partial charge in [-0.2, -0.15) is 0 Å². The first-order valence-electron chi connectivity index (χ1n) is 9.72. The molecular formula is C23H22Cl2N2O5S. The number of rotatable bonds is 8. The number of carbonyl (C=O) groups excluding carboxylic acids is 1. The number of hydrogen-bond acceptors (Lipinski definition) is 5. The monoisotopic (exact) mass is 508 g/mol. The average Bonchev–Trinajstić information content (AvgIpc) is 2.80. The van der Waals surface area contributed by atoms with Crippen molar-refractivity contribution in [1.82, 2.24) is 0 Å². The number of aryl methyl sites for hydroxylation is 1. The summed E-state index contributed by atoms with van der Waals surface area (Å²) in [7, 11) is -1.27. The van der Waals surface area contributed by atoms with E-state index >= 15 is 0 Å². The summed E-state index contributed by atoms with van der Waals surface area (Å²) in [6.07, 6.45) is 0. The molecule has 0 radical (unpaired) electrons. The molecule has 0 aliphatic carbocycles. The molecule has 33 heavy (non-hydrogen) atoms. The quantitative estimate of drug-likeness (QED) is 0.454. The predicted molar refractivity (Wildman–Crippen MR) is 130 cm³/mol. The number of anilines is 2. The molecule has 0 heterocycles. The summed E-state index contributed by atoms with van der Waals surface area (Å²) in [5.74, 6) is 0.0800. The molecule has 0 saturated heterocycles. The van der Waals surface area contributed by atoms with E-state index in [4.69, 9.17) is 32.7 Å². The molecule has 1 amide bonds. The Bertz CT molecular complexity index is 1260. The zero-order chi connectivity index (χ0) is 24.2. The van der Waals surface area contributed by atoms with Crippen LogP contribution in [0.25, 0.3) is 0 Å². The van der Waals surface area contributed by atoms with Gasteiger partial charge in [-0.05, 0) is 49.4 Å². The van der Waals surface area contributed by atoms with Gasteiger partial charge in [-0.3, -0.25) is 9.10 Å². The van der Waals surface area contributed by atoms with Gasteiger partial charge in [0, 0.05) is 11.8 Å². The SMILES string of the molecule is COc1ccc(S(=O)(=O)N(CC(=O)Nc2ccc(Cl)c(Cl)c2)c2ccc(C)cc2)cc1OC. The number of amides is 1. The fourth-order valence-electron chi connectivity index (χ4n) is 3.04. The van der Waals surface area contributed by atoms with Crippen molar-refractivity contribution < 1.29 is 22.7 Å². The molecule has 0 fully saturated rings. The number of benzene rings is 3. The van der Waals surface area contributed by atoms with Gasteiger partial charge in [0.1, 0.15) is 6.54 Å². The summed E-state index contributed by atoms with van der Waals surface area (Å²) in [6, 6.07) is 15.7. The summed E-state index contributed by atoms with van der Waals surface area (Å²) in [5, 5.41) is 3.26. The maximum atomic E-state index is 13.6. The zero-order valence-electron chi connectivity index (χ0n) is 18.1. The molecule has 0 spiro atoms. The summed E-state index contributed by atoms with van der Waals surface area (Å²) in [6.45, 7) is 1.41. The number of methoxy groups -OCH3 is 2. The first-order valence-corrected chi connectivity index (χ1v) is 11.9. The molecule has 0 unspecified atom stereocenters. The molecule has 7 nitrogen and oxygen atoms in total. The lowest BCUT2D eigenvalue weighted by Gasteiger charge is -2.24. The van der Waals surface area contributed by atoms with Crippen molar-refractivity contribution in [3.8, 4) is 11.5 Å². The second-order valence-corrected chi connectivity index (χ2v) is 9.72. The highest BCUT2D eigenvalue weighted by molar-refractivity contribution is 7.92. The van der Waals surface area contributed by atoms with Crippen LogP contribution in [0.15, 0.2) is 65.6 Å². The van der Waals surface area contributed by atoms with Crippen molar-refractivity contribution in [2.24, 2.45) is 0 Å². The Labute approximate surface area is 202 Å². The fourth-order valence-corrected chi connectivity index (χ4v) is 4.77. The van der Waals surface area contributed by atoms with Crippen molar-refractivity contribution in [3.05, 3.63) is 76.3 Å². The Morgan fingerprint density at radius 3 is 2.18 bits per heavy atom. The lowest BCUT2D eigenvalue weighted by molar-refractivity contribution is -0.114. The van der Waals surface area contributed by atoms with Gasteiger partial charge in [-0.1, -0.05) is 40.9 Å².